The lowest BCUT2D eigenvalue weighted by Crippen LogP contribution is -1.76. The van der Waals surface area contributed by atoms with Crippen LogP contribution in [-0.2, 0) is 0 Å². The molecule has 1 aromatic heterocycles. The first-order valence-corrected chi connectivity index (χ1v) is 5.12. The van der Waals surface area contributed by atoms with Crippen LogP contribution >= 0.6 is 22.9 Å². The number of hydrogen-bond donors (Lipinski definition) is 0. The van der Waals surface area contributed by atoms with Crippen LogP contribution < -0.4 is 4.74 Å². The van der Waals surface area contributed by atoms with Crippen molar-refractivity contribution in [3.05, 3.63) is 28.8 Å². The van der Waals surface area contributed by atoms with Crippen LogP contribution in [0.3, 0.4) is 0 Å². The van der Waals surface area contributed by atoms with Gasteiger partial charge in [0.25, 0.3) is 0 Å². The van der Waals surface area contributed by atoms with E-state index >= 15 is 0 Å². The van der Waals surface area contributed by atoms with Gasteiger partial charge in [0.05, 0.1) is 17.7 Å². The Morgan fingerprint density at radius 1 is 1.50 bits per heavy atom. The minimum Gasteiger partial charge on any atom is -0.487 e. The topological polar surface area (TPSA) is 33.0 Å². The molecule has 1 aromatic carbocycles. The molecule has 0 atom stereocenters. The van der Waals surface area contributed by atoms with Gasteiger partial charge in [0.2, 0.25) is 0 Å². The van der Waals surface area contributed by atoms with E-state index in [0.717, 1.165) is 15.1 Å². The normalized spacial score (nSPS) is 10.1. The summed E-state index contributed by atoms with van der Waals surface area (Å²) in [7, 11) is 1.61. The third kappa shape index (κ3) is 1.33. The average Bonchev–Trinajstić information content (AvgIpc) is 2.62. The van der Waals surface area contributed by atoms with Crippen molar-refractivity contribution in [2.75, 3.05) is 7.11 Å². The first-order valence-electron chi connectivity index (χ1n) is 3.92. The standard InChI is InChI=1S/C10H6ClNOS/c1-13-9-4-7-8(14-9)3-2-6(5-12)10(7)11/h2-4H,1H3. The molecule has 0 aliphatic carbocycles. The molecule has 2 nitrogen and oxygen atoms in total. The van der Waals surface area contributed by atoms with E-state index in [1.54, 1.807) is 13.2 Å². The first kappa shape index (κ1) is 9.32. The number of nitrogens with zero attached hydrogens (tertiary/aromatic N) is 1. The van der Waals surface area contributed by atoms with Gasteiger partial charge >= 0.3 is 0 Å². The zero-order valence-electron chi connectivity index (χ0n) is 7.37. The van der Waals surface area contributed by atoms with Crippen molar-refractivity contribution in [3.8, 4) is 11.1 Å². The third-order valence-corrected chi connectivity index (χ3v) is 3.40. The Morgan fingerprint density at radius 2 is 2.29 bits per heavy atom. The molecule has 70 valence electrons. The Bertz CT molecular complexity index is 527. The molecule has 0 N–H and O–H groups in total. The number of nitriles is 1. The predicted molar refractivity (Wildman–Crippen MR) is 58.1 cm³/mol. The van der Waals surface area contributed by atoms with E-state index < -0.39 is 0 Å². The molecular formula is C10H6ClNOS. The Labute approximate surface area is 90.3 Å². The molecule has 0 unspecified atom stereocenters. The molecule has 0 aliphatic heterocycles. The molecule has 0 amide bonds. The molecular weight excluding hydrogens is 218 g/mol. The van der Waals surface area contributed by atoms with Crippen LogP contribution in [0.5, 0.6) is 5.06 Å². The van der Waals surface area contributed by atoms with E-state index in [-0.39, 0.29) is 0 Å². The van der Waals surface area contributed by atoms with E-state index in [4.69, 9.17) is 21.6 Å². The van der Waals surface area contributed by atoms with E-state index in [2.05, 4.69) is 0 Å². The summed E-state index contributed by atoms with van der Waals surface area (Å²) in [4.78, 5) is 0. The minimum absolute atomic E-state index is 0.500. The van der Waals surface area contributed by atoms with Crippen LogP contribution in [0.15, 0.2) is 18.2 Å². The number of ether oxygens (including phenoxy) is 1. The van der Waals surface area contributed by atoms with E-state index in [9.17, 15) is 0 Å². The molecule has 0 radical (unpaired) electrons. The van der Waals surface area contributed by atoms with Crippen molar-refractivity contribution >= 4 is 33.0 Å². The molecule has 4 heteroatoms. The predicted octanol–water partition coefficient (Wildman–Crippen LogP) is 3.43. The molecule has 1 heterocycles. The molecule has 0 fully saturated rings. The summed E-state index contributed by atoms with van der Waals surface area (Å²) in [5.41, 5.74) is 0.500. The van der Waals surface area contributed by atoms with Gasteiger partial charge in [0, 0.05) is 16.2 Å². The van der Waals surface area contributed by atoms with E-state index in [1.807, 2.05) is 18.2 Å². The van der Waals surface area contributed by atoms with Gasteiger partial charge in [-0.25, -0.2) is 0 Å². The van der Waals surface area contributed by atoms with Gasteiger partial charge in [-0.1, -0.05) is 22.9 Å². The lowest BCUT2D eigenvalue weighted by atomic mass is 10.2. The number of hydrogen-bond acceptors (Lipinski definition) is 3. The summed E-state index contributed by atoms with van der Waals surface area (Å²) in [5, 5.41) is 11.0. The van der Waals surface area contributed by atoms with Gasteiger partial charge in [0.1, 0.15) is 6.07 Å². The quantitative estimate of drug-likeness (QED) is 0.742. The summed E-state index contributed by atoms with van der Waals surface area (Å²) < 4.78 is 6.14. The Kier molecular flexibility index (Phi) is 2.32. The van der Waals surface area contributed by atoms with Crippen molar-refractivity contribution in [3.63, 3.8) is 0 Å². The zero-order valence-corrected chi connectivity index (χ0v) is 8.95. The Morgan fingerprint density at radius 3 is 2.93 bits per heavy atom. The lowest BCUT2D eigenvalue weighted by molar-refractivity contribution is 0.427. The zero-order chi connectivity index (χ0) is 10.1. The maximum atomic E-state index is 8.78. The van der Waals surface area contributed by atoms with Crippen molar-refractivity contribution in [1.29, 1.82) is 5.26 Å². The third-order valence-electron chi connectivity index (χ3n) is 1.93. The van der Waals surface area contributed by atoms with Crippen molar-refractivity contribution in [2.24, 2.45) is 0 Å². The Balaban J connectivity index is 2.76. The van der Waals surface area contributed by atoms with Crippen molar-refractivity contribution in [1.82, 2.24) is 0 Å². The van der Waals surface area contributed by atoms with Crippen LogP contribution in [-0.4, -0.2) is 7.11 Å². The maximum absolute atomic E-state index is 8.78. The molecule has 2 rings (SSSR count). The molecule has 14 heavy (non-hydrogen) atoms. The highest BCUT2D eigenvalue weighted by molar-refractivity contribution is 7.20. The molecule has 2 aromatic rings. The molecule has 0 aliphatic rings. The molecule has 0 bridgehead atoms. The summed E-state index contributed by atoms with van der Waals surface area (Å²) in [6.45, 7) is 0. The minimum atomic E-state index is 0.500. The summed E-state index contributed by atoms with van der Waals surface area (Å²) in [6.07, 6.45) is 0. The second-order valence-corrected chi connectivity index (χ2v) is 4.14. The fourth-order valence-corrected chi connectivity index (χ4v) is 2.44. The Hall–Kier alpha value is -1.24. The first-order chi connectivity index (χ1) is 6.76. The van der Waals surface area contributed by atoms with E-state index in [0.29, 0.717) is 10.6 Å². The number of methoxy groups -OCH3 is 1. The second-order valence-electron chi connectivity index (χ2n) is 2.72. The number of thiophene rings is 1. The largest absolute Gasteiger partial charge is 0.487 e. The van der Waals surface area contributed by atoms with Crippen LogP contribution in [0.1, 0.15) is 5.56 Å². The summed E-state index contributed by atoms with van der Waals surface area (Å²) >= 11 is 7.56. The lowest BCUT2D eigenvalue weighted by Gasteiger charge is -1.94. The molecule has 0 saturated carbocycles. The fourth-order valence-electron chi connectivity index (χ4n) is 1.24. The highest BCUT2D eigenvalue weighted by Gasteiger charge is 2.08. The number of benzene rings is 1. The van der Waals surface area contributed by atoms with Gasteiger partial charge in [-0.05, 0) is 12.1 Å². The molecule has 0 saturated heterocycles. The van der Waals surface area contributed by atoms with Crippen molar-refractivity contribution in [2.45, 2.75) is 0 Å². The smallest absolute Gasteiger partial charge is 0.174 e. The molecule has 0 spiro atoms. The number of halogens is 1. The highest BCUT2D eigenvalue weighted by Crippen LogP contribution is 2.36. The van der Waals surface area contributed by atoms with Gasteiger partial charge < -0.3 is 4.74 Å². The van der Waals surface area contributed by atoms with Crippen LogP contribution in [0, 0.1) is 11.3 Å². The summed E-state index contributed by atoms with van der Waals surface area (Å²) in [5.74, 6) is 0. The van der Waals surface area contributed by atoms with Gasteiger partial charge in [-0.3, -0.25) is 0 Å². The van der Waals surface area contributed by atoms with Gasteiger partial charge in [-0.15, -0.1) is 0 Å². The van der Waals surface area contributed by atoms with Gasteiger partial charge in [-0.2, -0.15) is 5.26 Å². The SMILES string of the molecule is COc1cc2c(Cl)c(C#N)ccc2s1. The van der Waals surface area contributed by atoms with Crippen LogP contribution in [0.4, 0.5) is 0 Å². The number of fused-ring (bicyclic) bond motifs is 1. The average molecular weight is 224 g/mol. The highest BCUT2D eigenvalue weighted by atomic mass is 35.5. The van der Waals surface area contributed by atoms with Crippen molar-refractivity contribution < 1.29 is 4.74 Å². The van der Waals surface area contributed by atoms with Crippen LogP contribution in [0.25, 0.3) is 10.1 Å². The van der Waals surface area contributed by atoms with Gasteiger partial charge in [0.15, 0.2) is 5.06 Å². The number of rotatable bonds is 1. The fraction of sp³-hybridized carbons (Fsp3) is 0.100. The van der Waals surface area contributed by atoms with Crippen LogP contribution in [0.2, 0.25) is 5.02 Å². The monoisotopic (exact) mass is 223 g/mol. The maximum Gasteiger partial charge on any atom is 0.174 e. The summed E-state index contributed by atoms with van der Waals surface area (Å²) in [6, 6.07) is 7.50. The van der Waals surface area contributed by atoms with E-state index in [1.165, 1.54) is 11.3 Å². The second kappa shape index (κ2) is 3.49.